The molecule has 11 nitrogen and oxygen atoms in total. The maximum absolute atomic E-state index is 12.7. The number of hydrogen-bond donors (Lipinski definition) is 4. The minimum atomic E-state index is -0.640. The van der Waals surface area contributed by atoms with Crippen LogP contribution >= 0.6 is 0 Å². The minimum absolute atomic E-state index is 0.0217. The van der Waals surface area contributed by atoms with Gasteiger partial charge >= 0.3 is 0 Å². The van der Waals surface area contributed by atoms with E-state index in [-0.39, 0.29) is 66.4 Å². The number of ketones is 1. The molecule has 2 aliphatic rings. The molecule has 1 aliphatic heterocycles. The van der Waals surface area contributed by atoms with Gasteiger partial charge in [-0.2, -0.15) is 0 Å². The summed E-state index contributed by atoms with van der Waals surface area (Å²) in [5, 5.41) is 17.9. The Kier molecular flexibility index (Phi) is 5.85. The third-order valence-corrected chi connectivity index (χ3v) is 4.38. The number of aliphatic hydroxyl groups is 2. The average Bonchev–Trinajstić information content (AvgIpc) is 2.94. The molecule has 0 bridgehead atoms. The number of nitrogens with two attached hydrogens (primary N) is 2. The van der Waals surface area contributed by atoms with Gasteiger partial charge in [0.15, 0.2) is 23.0 Å². The Bertz CT molecular complexity index is 923. The number of nitrogen functional groups attached to an aromatic ring is 1. The molecule has 152 valence electrons. The number of aromatic nitrogens is 2. The Hall–Kier alpha value is -3.05. The van der Waals surface area contributed by atoms with E-state index in [9.17, 15) is 9.59 Å². The van der Waals surface area contributed by atoms with Crippen molar-refractivity contribution in [1.29, 1.82) is 0 Å². The molecule has 0 atom stereocenters. The number of carbonyl (C=O) groups excluding carboxylic acids is 1. The van der Waals surface area contributed by atoms with Crippen molar-refractivity contribution in [1.82, 2.24) is 9.36 Å². The maximum atomic E-state index is 12.7. The number of anilines is 1. The summed E-state index contributed by atoms with van der Waals surface area (Å²) in [6.07, 6.45) is 3.05. The van der Waals surface area contributed by atoms with Crippen LogP contribution in [0, 0.1) is 0 Å². The SMILES string of the molecule is NC1=C(OCCO)C(=O)C(OCCO)=C/C1=N\c1c(N)n2n(c1=O)CCCC2. The van der Waals surface area contributed by atoms with E-state index in [1.165, 1.54) is 10.8 Å². The molecular weight excluding hydrogens is 370 g/mol. The van der Waals surface area contributed by atoms with Crippen molar-refractivity contribution >= 4 is 23.0 Å². The van der Waals surface area contributed by atoms with Gasteiger partial charge in [-0.25, -0.2) is 9.67 Å². The summed E-state index contributed by atoms with van der Waals surface area (Å²) in [5.74, 6) is -0.811. The molecule has 0 saturated carbocycles. The zero-order chi connectivity index (χ0) is 20.3. The van der Waals surface area contributed by atoms with E-state index >= 15 is 0 Å². The molecule has 0 aromatic carbocycles. The topological polar surface area (TPSA) is 167 Å². The van der Waals surface area contributed by atoms with E-state index in [1.807, 2.05) is 0 Å². The van der Waals surface area contributed by atoms with Crippen LogP contribution in [0.1, 0.15) is 12.8 Å². The van der Waals surface area contributed by atoms with Gasteiger partial charge in [-0.15, -0.1) is 0 Å². The van der Waals surface area contributed by atoms with Crippen molar-refractivity contribution in [2.45, 2.75) is 25.9 Å². The van der Waals surface area contributed by atoms with E-state index in [4.69, 9.17) is 31.2 Å². The smallest absolute Gasteiger partial charge is 0.294 e. The Labute approximate surface area is 160 Å². The van der Waals surface area contributed by atoms with Crippen LogP contribution < -0.4 is 17.0 Å². The number of fused-ring (bicyclic) bond motifs is 1. The molecule has 1 aliphatic carbocycles. The number of hydrogen-bond acceptors (Lipinski definition) is 9. The largest absolute Gasteiger partial charge is 0.487 e. The molecule has 11 heteroatoms. The number of Topliss-reactive ketones (excluding diaryl/α,β-unsaturated/α-hetero) is 1. The van der Waals surface area contributed by atoms with Crippen LogP contribution in [0.15, 0.2) is 33.1 Å². The summed E-state index contributed by atoms with van der Waals surface area (Å²) in [7, 11) is 0. The number of nitrogens with zero attached hydrogens (tertiary/aromatic N) is 3. The van der Waals surface area contributed by atoms with Gasteiger partial charge in [-0.3, -0.25) is 14.3 Å². The van der Waals surface area contributed by atoms with Crippen molar-refractivity contribution in [2.75, 3.05) is 32.2 Å². The van der Waals surface area contributed by atoms with E-state index in [2.05, 4.69) is 4.99 Å². The van der Waals surface area contributed by atoms with Crippen molar-refractivity contribution in [3.8, 4) is 0 Å². The average molecular weight is 393 g/mol. The third-order valence-electron chi connectivity index (χ3n) is 4.38. The summed E-state index contributed by atoms with van der Waals surface area (Å²) >= 11 is 0. The minimum Gasteiger partial charge on any atom is -0.487 e. The summed E-state index contributed by atoms with van der Waals surface area (Å²) < 4.78 is 13.7. The normalized spacial score (nSPS) is 18.3. The van der Waals surface area contributed by atoms with E-state index in [0.717, 1.165) is 12.8 Å². The lowest BCUT2D eigenvalue weighted by molar-refractivity contribution is -0.119. The van der Waals surface area contributed by atoms with E-state index < -0.39 is 5.78 Å². The highest BCUT2D eigenvalue weighted by Crippen LogP contribution is 2.25. The lowest BCUT2D eigenvalue weighted by atomic mass is 10.1. The van der Waals surface area contributed by atoms with Crippen LogP contribution in [-0.4, -0.2) is 57.5 Å². The molecule has 0 spiro atoms. The molecule has 0 unspecified atom stereocenters. The Morgan fingerprint density at radius 2 is 1.68 bits per heavy atom. The van der Waals surface area contributed by atoms with Crippen LogP contribution in [0.4, 0.5) is 11.5 Å². The van der Waals surface area contributed by atoms with Gasteiger partial charge in [0.1, 0.15) is 18.9 Å². The van der Waals surface area contributed by atoms with Gasteiger partial charge in [0.05, 0.1) is 18.9 Å². The molecule has 1 aromatic rings. The van der Waals surface area contributed by atoms with Crippen LogP contribution in [-0.2, 0) is 27.4 Å². The predicted octanol–water partition coefficient (Wildman–Crippen LogP) is -1.25. The second-order valence-electron chi connectivity index (χ2n) is 6.21. The van der Waals surface area contributed by atoms with Crippen LogP contribution in [0.2, 0.25) is 0 Å². The van der Waals surface area contributed by atoms with Gasteiger partial charge < -0.3 is 31.2 Å². The second kappa shape index (κ2) is 8.31. The number of rotatable bonds is 7. The fourth-order valence-corrected chi connectivity index (χ4v) is 3.07. The fourth-order valence-electron chi connectivity index (χ4n) is 3.07. The summed E-state index contributed by atoms with van der Waals surface area (Å²) in [6.45, 7) is 0.249. The highest BCUT2D eigenvalue weighted by Gasteiger charge is 2.30. The molecule has 0 fully saturated rings. The second-order valence-corrected chi connectivity index (χ2v) is 6.21. The molecule has 28 heavy (non-hydrogen) atoms. The number of aliphatic imine (C=N–C) groups is 1. The van der Waals surface area contributed by atoms with Crippen LogP contribution in [0.3, 0.4) is 0 Å². The van der Waals surface area contributed by atoms with Crippen LogP contribution in [0.25, 0.3) is 0 Å². The first-order valence-electron chi connectivity index (χ1n) is 8.91. The summed E-state index contributed by atoms with van der Waals surface area (Å²) in [5.41, 5.74) is 11.8. The maximum Gasteiger partial charge on any atom is 0.294 e. The van der Waals surface area contributed by atoms with Gasteiger partial charge in [0, 0.05) is 19.2 Å². The van der Waals surface area contributed by atoms with Crippen molar-refractivity contribution in [2.24, 2.45) is 10.7 Å². The molecule has 0 amide bonds. The highest BCUT2D eigenvalue weighted by molar-refractivity contribution is 6.23. The summed E-state index contributed by atoms with van der Waals surface area (Å²) in [6, 6.07) is 0. The van der Waals surface area contributed by atoms with Gasteiger partial charge in [-0.1, -0.05) is 0 Å². The molecule has 0 radical (unpaired) electrons. The lowest BCUT2D eigenvalue weighted by Gasteiger charge is -2.19. The Morgan fingerprint density at radius 3 is 2.32 bits per heavy atom. The fraction of sp³-hybridized carbons (Fsp3) is 0.471. The summed E-state index contributed by atoms with van der Waals surface area (Å²) in [4.78, 5) is 29.4. The van der Waals surface area contributed by atoms with Gasteiger partial charge in [0.25, 0.3) is 11.3 Å². The molecule has 6 N–H and O–H groups in total. The number of aliphatic hydroxyl groups excluding tert-OH is 2. The first-order chi connectivity index (χ1) is 13.5. The molecule has 3 rings (SSSR count). The molecule has 2 heterocycles. The quantitative estimate of drug-likeness (QED) is 0.417. The van der Waals surface area contributed by atoms with Crippen molar-refractivity contribution < 1.29 is 24.5 Å². The Morgan fingerprint density at radius 1 is 1.04 bits per heavy atom. The zero-order valence-electron chi connectivity index (χ0n) is 15.3. The van der Waals surface area contributed by atoms with Gasteiger partial charge in [-0.05, 0) is 12.8 Å². The van der Waals surface area contributed by atoms with Crippen LogP contribution in [0.5, 0.6) is 0 Å². The number of allylic oxidation sites excluding steroid dienone is 1. The first kappa shape index (κ1) is 19.7. The van der Waals surface area contributed by atoms with Gasteiger partial charge in [0.2, 0.25) is 0 Å². The molecule has 1 aromatic heterocycles. The monoisotopic (exact) mass is 393 g/mol. The van der Waals surface area contributed by atoms with E-state index in [1.54, 1.807) is 4.68 Å². The predicted molar refractivity (Wildman–Crippen MR) is 99.8 cm³/mol. The lowest BCUT2D eigenvalue weighted by Crippen LogP contribution is -2.28. The highest BCUT2D eigenvalue weighted by atomic mass is 16.5. The number of carbonyl (C=O) groups is 1. The molecular formula is C17H23N5O6. The first-order valence-corrected chi connectivity index (χ1v) is 8.91. The van der Waals surface area contributed by atoms with Crippen molar-refractivity contribution in [3.05, 3.63) is 33.6 Å². The van der Waals surface area contributed by atoms with Crippen molar-refractivity contribution in [3.63, 3.8) is 0 Å². The molecule has 0 saturated heterocycles. The number of ether oxygens (including phenoxy) is 2. The standard InChI is InChI=1S/C17H23N5O6/c18-12-10(9-11(27-7-5-23)14(25)15(12)28-8-6-24)20-13-16(19)21-3-1-2-4-22(21)17(13)26/h9,23-24H,1-8,18-19H2/b20-10+. The third kappa shape index (κ3) is 3.53. The van der Waals surface area contributed by atoms with E-state index in [0.29, 0.717) is 13.1 Å². The zero-order valence-corrected chi connectivity index (χ0v) is 15.3. The Balaban J connectivity index is 2.08.